The minimum atomic E-state index is 0.741. The first-order valence-corrected chi connectivity index (χ1v) is 10.2. The van der Waals surface area contributed by atoms with Crippen LogP contribution in [0.15, 0.2) is 59.3 Å². The highest BCUT2D eigenvalue weighted by Crippen LogP contribution is 2.35. The predicted molar refractivity (Wildman–Crippen MR) is 106 cm³/mol. The Morgan fingerprint density at radius 1 is 1.08 bits per heavy atom. The van der Waals surface area contributed by atoms with E-state index in [1.807, 2.05) is 0 Å². The molecule has 0 amide bonds. The largest absolute Gasteiger partial charge is 0.0885 e. The van der Waals surface area contributed by atoms with Crippen molar-refractivity contribution in [1.82, 2.24) is 0 Å². The van der Waals surface area contributed by atoms with Gasteiger partial charge in [-0.15, -0.1) is 0 Å². The first-order valence-electron chi connectivity index (χ1n) is 10.2. The summed E-state index contributed by atoms with van der Waals surface area (Å²) >= 11 is 0. The average Bonchev–Trinajstić information content (AvgIpc) is 2.88. The van der Waals surface area contributed by atoms with Gasteiger partial charge in [-0.3, -0.25) is 0 Å². The van der Waals surface area contributed by atoms with E-state index in [-0.39, 0.29) is 0 Å². The first kappa shape index (κ1) is 17.5. The standard InChI is InChI=1S/C24H34/c1-20-10-9-15-23(18-20)24(19-22-13-7-4-8-14-22)17-16-21-11-5-2-3-6-12-21/h2,4-5,7,13,15,18,21,24H,3,6,8-12,14,16-17,19H2,1H3. The Bertz CT molecular complexity index is 553. The molecule has 3 aliphatic rings. The molecule has 0 heteroatoms. The fourth-order valence-corrected chi connectivity index (χ4v) is 4.44. The van der Waals surface area contributed by atoms with Crippen LogP contribution in [0.5, 0.6) is 0 Å². The monoisotopic (exact) mass is 322 g/mol. The second-order valence-corrected chi connectivity index (χ2v) is 8.01. The summed E-state index contributed by atoms with van der Waals surface area (Å²) in [5.74, 6) is 1.66. The maximum atomic E-state index is 2.53. The van der Waals surface area contributed by atoms with Gasteiger partial charge in [0, 0.05) is 0 Å². The van der Waals surface area contributed by atoms with Crippen molar-refractivity contribution in [2.75, 3.05) is 0 Å². The molecule has 3 aliphatic carbocycles. The van der Waals surface area contributed by atoms with Gasteiger partial charge in [-0.05, 0) is 95.0 Å². The summed E-state index contributed by atoms with van der Waals surface area (Å²) in [5, 5.41) is 0. The topological polar surface area (TPSA) is 0 Å². The maximum absolute atomic E-state index is 2.53. The molecule has 2 atom stereocenters. The third-order valence-corrected chi connectivity index (χ3v) is 5.95. The van der Waals surface area contributed by atoms with Gasteiger partial charge in [-0.25, -0.2) is 0 Å². The lowest BCUT2D eigenvalue weighted by atomic mass is 9.80. The third-order valence-electron chi connectivity index (χ3n) is 5.95. The molecule has 0 saturated carbocycles. The van der Waals surface area contributed by atoms with Gasteiger partial charge in [-0.2, -0.15) is 0 Å². The molecule has 0 aromatic heterocycles. The molecule has 24 heavy (non-hydrogen) atoms. The lowest BCUT2D eigenvalue weighted by Crippen LogP contribution is -2.10. The lowest BCUT2D eigenvalue weighted by molar-refractivity contribution is 0.396. The van der Waals surface area contributed by atoms with E-state index in [0.29, 0.717) is 0 Å². The maximum Gasteiger partial charge on any atom is -0.0128 e. The Balaban J connectivity index is 1.64. The zero-order chi connectivity index (χ0) is 16.6. The van der Waals surface area contributed by atoms with Gasteiger partial charge in [0.05, 0.1) is 0 Å². The molecule has 0 bridgehead atoms. The Hall–Kier alpha value is -1.30. The Morgan fingerprint density at radius 3 is 2.88 bits per heavy atom. The highest BCUT2D eigenvalue weighted by Gasteiger charge is 2.19. The van der Waals surface area contributed by atoms with Crippen molar-refractivity contribution in [1.29, 1.82) is 0 Å². The molecule has 0 radical (unpaired) electrons. The molecule has 130 valence electrons. The van der Waals surface area contributed by atoms with E-state index in [1.54, 1.807) is 16.7 Å². The van der Waals surface area contributed by atoms with Crippen molar-refractivity contribution in [2.45, 2.75) is 77.6 Å². The van der Waals surface area contributed by atoms with Crippen LogP contribution in [0.4, 0.5) is 0 Å². The summed E-state index contributed by atoms with van der Waals surface area (Å²) < 4.78 is 0. The van der Waals surface area contributed by atoms with E-state index in [4.69, 9.17) is 0 Å². The molecule has 0 saturated heterocycles. The molecule has 3 rings (SSSR count). The number of hydrogen-bond donors (Lipinski definition) is 0. The molecule has 0 spiro atoms. The van der Waals surface area contributed by atoms with Gasteiger partial charge in [0.25, 0.3) is 0 Å². The van der Waals surface area contributed by atoms with Crippen LogP contribution in [0.3, 0.4) is 0 Å². The molecule has 0 heterocycles. The van der Waals surface area contributed by atoms with Crippen LogP contribution in [0.2, 0.25) is 0 Å². The zero-order valence-corrected chi connectivity index (χ0v) is 15.5. The van der Waals surface area contributed by atoms with E-state index < -0.39 is 0 Å². The quantitative estimate of drug-likeness (QED) is 0.445. The fourth-order valence-electron chi connectivity index (χ4n) is 4.44. The lowest BCUT2D eigenvalue weighted by Gasteiger charge is -2.25. The van der Waals surface area contributed by atoms with Crippen LogP contribution in [-0.2, 0) is 0 Å². The summed E-state index contributed by atoms with van der Waals surface area (Å²) in [5.41, 5.74) is 4.88. The summed E-state index contributed by atoms with van der Waals surface area (Å²) in [7, 11) is 0. The third kappa shape index (κ3) is 5.36. The zero-order valence-electron chi connectivity index (χ0n) is 15.5. The minimum Gasteiger partial charge on any atom is -0.0885 e. The van der Waals surface area contributed by atoms with Gasteiger partial charge in [0.1, 0.15) is 0 Å². The van der Waals surface area contributed by atoms with Crippen molar-refractivity contribution in [3.8, 4) is 0 Å². The molecule has 0 nitrogen and oxygen atoms in total. The van der Waals surface area contributed by atoms with E-state index in [9.17, 15) is 0 Å². The van der Waals surface area contributed by atoms with Gasteiger partial charge in [-0.1, -0.05) is 53.7 Å². The van der Waals surface area contributed by atoms with Crippen LogP contribution in [0.1, 0.15) is 77.6 Å². The highest BCUT2D eigenvalue weighted by molar-refractivity contribution is 5.31. The Kier molecular flexibility index (Phi) is 6.75. The van der Waals surface area contributed by atoms with Crippen LogP contribution >= 0.6 is 0 Å². The smallest absolute Gasteiger partial charge is 0.0128 e. The fraction of sp³-hybridized carbons (Fsp3) is 0.583. The summed E-state index contributed by atoms with van der Waals surface area (Å²) in [6.07, 6.45) is 31.3. The molecular weight excluding hydrogens is 288 g/mol. The second-order valence-electron chi connectivity index (χ2n) is 8.01. The van der Waals surface area contributed by atoms with E-state index in [1.165, 1.54) is 70.6 Å². The van der Waals surface area contributed by atoms with Crippen molar-refractivity contribution >= 4 is 0 Å². The predicted octanol–water partition coefficient (Wildman–Crippen LogP) is 7.46. The molecular formula is C24H34. The van der Waals surface area contributed by atoms with E-state index in [2.05, 4.69) is 49.5 Å². The molecule has 0 fully saturated rings. The van der Waals surface area contributed by atoms with Crippen LogP contribution in [0, 0.1) is 11.8 Å². The number of hydrogen-bond acceptors (Lipinski definition) is 0. The van der Waals surface area contributed by atoms with Crippen molar-refractivity contribution in [3.63, 3.8) is 0 Å². The van der Waals surface area contributed by atoms with Crippen molar-refractivity contribution in [3.05, 3.63) is 59.3 Å². The molecule has 2 unspecified atom stereocenters. The summed E-state index contributed by atoms with van der Waals surface area (Å²) in [6.45, 7) is 2.31. The van der Waals surface area contributed by atoms with Crippen LogP contribution < -0.4 is 0 Å². The average molecular weight is 323 g/mol. The van der Waals surface area contributed by atoms with Gasteiger partial charge >= 0.3 is 0 Å². The Labute approximate surface area is 149 Å². The van der Waals surface area contributed by atoms with Crippen molar-refractivity contribution < 1.29 is 0 Å². The molecule has 0 N–H and O–H groups in total. The normalized spacial score (nSPS) is 25.5. The van der Waals surface area contributed by atoms with Crippen LogP contribution in [-0.4, -0.2) is 0 Å². The molecule has 0 aromatic carbocycles. The highest BCUT2D eigenvalue weighted by atomic mass is 14.2. The minimum absolute atomic E-state index is 0.741. The summed E-state index contributed by atoms with van der Waals surface area (Å²) in [4.78, 5) is 0. The SMILES string of the molecule is CC1=CC(C(CCC2CC=CCCC2)CC2=CC=CCC2)=CCC1. The van der Waals surface area contributed by atoms with Gasteiger partial charge in [0.15, 0.2) is 0 Å². The second kappa shape index (κ2) is 9.25. The number of rotatable bonds is 6. The van der Waals surface area contributed by atoms with Crippen molar-refractivity contribution in [2.24, 2.45) is 11.8 Å². The van der Waals surface area contributed by atoms with Gasteiger partial charge in [0.2, 0.25) is 0 Å². The molecule has 0 aromatic rings. The summed E-state index contributed by atoms with van der Waals surface area (Å²) in [6, 6.07) is 0. The Morgan fingerprint density at radius 2 is 2.04 bits per heavy atom. The van der Waals surface area contributed by atoms with Gasteiger partial charge < -0.3 is 0 Å². The molecule has 0 aliphatic heterocycles. The number of allylic oxidation sites excluding steroid dienone is 10. The first-order chi connectivity index (χ1) is 11.8. The van der Waals surface area contributed by atoms with Crippen LogP contribution in [0.25, 0.3) is 0 Å². The van der Waals surface area contributed by atoms with E-state index in [0.717, 1.165) is 11.8 Å². The van der Waals surface area contributed by atoms with E-state index >= 15 is 0 Å².